The van der Waals surface area contributed by atoms with Crippen molar-refractivity contribution in [3.63, 3.8) is 0 Å². The molecule has 0 aliphatic carbocycles. The molecule has 1 heterocycles. The number of carbonyl (C=O) groups excluding carboxylic acids is 3. The van der Waals surface area contributed by atoms with Crippen LogP contribution in [0, 0.1) is 0 Å². The van der Waals surface area contributed by atoms with Crippen LogP contribution in [0.4, 0.5) is 0 Å². The number of carbonyl (C=O) groups is 3. The van der Waals surface area contributed by atoms with Crippen molar-refractivity contribution in [2.24, 2.45) is 0 Å². The van der Waals surface area contributed by atoms with Crippen LogP contribution in [0.5, 0.6) is 0 Å². The highest BCUT2D eigenvalue weighted by molar-refractivity contribution is 5.71. The van der Waals surface area contributed by atoms with Crippen molar-refractivity contribution < 1.29 is 28.6 Å². The Kier molecular flexibility index (Phi) is 8.50. The van der Waals surface area contributed by atoms with Crippen LogP contribution in [0.3, 0.4) is 0 Å². The first-order valence-corrected chi connectivity index (χ1v) is 7.63. The first-order chi connectivity index (χ1) is 10.5. The molecule has 1 rings (SSSR count). The van der Waals surface area contributed by atoms with Gasteiger partial charge in [0.25, 0.3) is 0 Å². The molecule has 1 aliphatic rings. The van der Waals surface area contributed by atoms with E-state index in [-0.39, 0.29) is 50.4 Å². The molecule has 0 bridgehead atoms. The fourth-order valence-electron chi connectivity index (χ4n) is 1.96. The Hall–Kier alpha value is -1.63. The maximum absolute atomic E-state index is 11.8. The molecular formula is C15H25NO6. The van der Waals surface area contributed by atoms with Gasteiger partial charge < -0.3 is 19.1 Å². The molecule has 1 saturated heterocycles. The summed E-state index contributed by atoms with van der Waals surface area (Å²) in [6, 6.07) is 0. The zero-order chi connectivity index (χ0) is 16.4. The van der Waals surface area contributed by atoms with Gasteiger partial charge in [0, 0.05) is 19.3 Å². The minimum atomic E-state index is -0.738. The lowest BCUT2D eigenvalue weighted by Crippen LogP contribution is -2.30. The molecule has 0 aromatic rings. The zero-order valence-electron chi connectivity index (χ0n) is 13.3. The normalized spacial score (nSPS) is 18.3. The van der Waals surface area contributed by atoms with Crippen LogP contribution in [0.15, 0.2) is 0 Å². The Labute approximate surface area is 130 Å². The maximum Gasteiger partial charge on any atom is 0.306 e. The molecule has 0 aromatic carbocycles. The molecule has 22 heavy (non-hydrogen) atoms. The van der Waals surface area contributed by atoms with Crippen molar-refractivity contribution in [2.75, 3.05) is 33.9 Å². The average molecular weight is 315 g/mol. The predicted molar refractivity (Wildman–Crippen MR) is 78.1 cm³/mol. The van der Waals surface area contributed by atoms with Gasteiger partial charge in [-0.05, 0) is 39.9 Å². The van der Waals surface area contributed by atoms with Gasteiger partial charge in [-0.2, -0.15) is 0 Å². The molecule has 0 radical (unpaired) electrons. The molecule has 0 saturated carbocycles. The van der Waals surface area contributed by atoms with Crippen molar-refractivity contribution in [3.05, 3.63) is 0 Å². The van der Waals surface area contributed by atoms with Crippen LogP contribution >= 0.6 is 0 Å². The van der Waals surface area contributed by atoms with E-state index in [9.17, 15) is 14.4 Å². The quantitative estimate of drug-likeness (QED) is 0.550. The van der Waals surface area contributed by atoms with Crippen LogP contribution in [-0.2, 0) is 28.6 Å². The number of hydrogen-bond donors (Lipinski definition) is 0. The fraction of sp³-hybridized carbons (Fsp3) is 0.800. The van der Waals surface area contributed by atoms with E-state index < -0.39 is 6.10 Å². The minimum absolute atomic E-state index is 0.0778. The van der Waals surface area contributed by atoms with E-state index in [0.717, 1.165) is 6.54 Å². The maximum atomic E-state index is 11.8. The number of esters is 3. The Morgan fingerprint density at radius 3 is 2.18 bits per heavy atom. The Morgan fingerprint density at radius 1 is 1.14 bits per heavy atom. The van der Waals surface area contributed by atoms with Gasteiger partial charge in [-0.3, -0.25) is 14.4 Å². The van der Waals surface area contributed by atoms with E-state index in [1.165, 1.54) is 0 Å². The summed E-state index contributed by atoms with van der Waals surface area (Å²) in [5.41, 5.74) is 0. The summed E-state index contributed by atoms with van der Waals surface area (Å²) in [7, 11) is 3.85. The summed E-state index contributed by atoms with van der Waals surface area (Å²) in [4.78, 5) is 36.7. The molecule has 0 unspecified atom stereocenters. The van der Waals surface area contributed by atoms with Gasteiger partial charge in [-0.25, -0.2) is 0 Å². The van der Waals surface area contributed by atoms with Gasteiger partial charge in [0.15, 0.2) is 6.10 Å². The van der Waals surface area contributed by atoms with Crippen molar-refractivity contribution in [3.8, 4) is 0 Å². The van der Waals surface area contributed by atoms with Gasteiger partial charge in [0.1, 0.15) is 13.2 Å². The van der Waals surface area contributed by atoms with Crippen molar-refractivity contribution in [2.45, 2.75) is 44.6 Å². The molecule has 1 fully saturated rings. The Balaban J connectivity index is 2.43. The summed E-state index contributed by atoms with van der Waals surface area (Å²) >= 11 is 0. The third-order valence-corrected chi connectivity index (χ3v) is 3.16. The largest absolute Gasteiger partial charge is 0.462 e. The smallest absolute Gasteiger partial charge is 0.306 e. The summed E-state index contributed by atoms with van der Waals surface area (Å²) in [5.74, 6) is -1.07. The fourth-order valence-corrected chi connectivity index (χ4v) is 1.96. The van der Waals surface area contributed by atoms with E-state index in [0.29, 0.717) is 19.3 Å². The topological polar surface area (TPSA) is 82.1 Å². The second kappa shape index (κ2) is 10.2. The highest BCUT2D eigenvalue weighted by Crippen LogP contribution is 2.08. The van der Waals surface area contributed by atoms with Crippen LogP contribution in [0.2, 0.25) is 0 Å². The predicted octanol–water partition coefficient (Wildman–Crippen LogP) is 0.900. The molecule has 126 valence electrons. The zero-order valence-corrected chi connectivity index (χ0v) is 13.3. The van der Waals surface area contributed by atoms with E-state index in [1.54, 1.807) is 0 Å². The SMILES string of the molecule is CN(C)CCCC(=O)OC1COC(=O)CCCCC(=O)OC1. The highest BCUT2D eigenvalue weighted by atomic mass is 16.6. The first-order valence-electron chi connectivity index (χ1n) is 7.63. The Morgan fingerprint density at radius 2 is 1.68 bits per heavy atom. The monoisotopic (exact) mass is 315 g/mol. The number of rotatable bonds is 5. The average Bonchev–Trinajstić information content (AvgIpc) is 2.48. The molecule has 0 N–H and O–H groups in total. The molecule has 0 aromatic heterocycles. The Bertz CT molecular complexity index is 360. The van der Waals surface area contributed by atoms with Crippen molar-refractivity contribution in [1.82, 2.24) is 4.90 Å². The summed E-state index contributed by atoms with van der Waals surface area (Å²) < 4.78 is 15.3. The summed E-state index contributed by atoms with van der Waals surface area (Å²) in [6.07, 6.45) is 1.91. The molecule has 0 amide bonds. The lowest BCUT2D eigenvalue weighted by atomic mass is 10.2. The third kappa shape index (κ3) is 8.61. The van der Waals surface area contributed by atoms with Crippen LogP contribution < -0.4 is 0 Å². The van der Waals surface area contributed by atoms with Crippen LogP contribution in [0.1, 0.15) is 38.5 Å². The summed E-state index contributed by atoms with van der Waals surface area (Å²) in [6.45, 7) is 0.626. The third-order valence-electron chi connectivity index (χ3n) is 3.16. The van der Waals surface area contributed by atoms with E-state index in [4.69, 9.17) is 14.2 Å². The second-order valence-electron chi connectivity index (χ2n) is 5.59. The van der Waals surface area contributed by atoms with Gasteiger partial charge in [-0.15, -0.1) is 0 Å². The molecule has 7 heteroatoms. The molecule has 1 aliphatic heterocycles. The van der Waals surface area contributed by atoms with Crippen molar-refractivity contribution >= 4 is 17.9 Å². The summed E-state index contributed by atoms with van der Waals surface area (Å²) in [5, 5.41) is 0. The van der Waals surface area contributed by atoms with Gasteiger partial charge in [0.05, 0.1) is 0 Å². The first kappa shape index (κ1) is 18.4. The number of ether oxygens (including phenoxy) is 3. The van der Waals surface area contributed by atoms with E-state index in [1.807, 2.05) is 19.0 Å². The van der Waals surface area contributed by atoms with Crippen LogP contribution in [0.25, 0.3) is 0 Å². The molecule has 0 spiro atoms. The van der Waals surface area contributed by atoms with Gasteiger partial charge >= 0.3 is 17.9 Å². The standard InChI is InChI=1S/C15H25NO6/c1-16(2)9-5-8-15(19)22-12-10-20-13(17)6-3-4-7-14(18)21-11-12/h12H,3-11H2,1-2H3. The van der Waals surface area contributed by atoms with Gasteiger partial charge in [-0.1, -0.05) is 0 Å². The molecule has 7 nitrogen and oxygen atoms in total. The van der Waals surface area contributed by atoms with Crippen molar-refractivity contribution in [1.29, 1.82) is 0 Å². The molecule has 0 atom stereocenters. The highest BCUT2D eigenvalue weighted by Gasteiger charge is 2.20. The second-order valence-corrected chi connectivity index (χ2v) is 5.59. The van der Waals surface area contributed by atoms with Gasteiger partial charge in [0.2, 0.25) is 0 Å². The molecular weight excluding hydrogens is 290 g/mol. The number of nitrogens with zero attached hydrogens (tertiary/aromatic N) is 1. The van der Waals surface area contributed by atoms with E-state index in [2.05, 4.69) is 0 Å². The van der Waals surface area contributed by atoms with Crippen LogP contribution in [-0.4, -0.2) is 62.8 Å². The number of cyclic esters (lactones) is 2. The lowest BCUT2D eigenvalue weighted by molar-refractivity contribution is -0.166. The van der Waals surface area contributed by atoms with E-state index >= 15 is 0 Å². The minimum Gasteiger partial charge on any atom is -0.462 e. The lowest BCUT2D eigenvalue weighted by Gasteiger charge is -2.18. The number of hydrogen-bond acceptors (Lipinski definition) is 7.